The lowest BCUT2D eigenvalue weighted by Gasteiger charge is -2.28. The number of hydrogen-bond acceptors (Lipinski definition) is 3. The molecule has 0 aromatic heterocycles. The SMILES string of the molecule is CN(C)C(CNC(=O)C(c1ccccc1)N(C)C)c1ccccc1Cl. The molecule has 2 rings (SSSR count). The maximum Gasteiger partial charge on any atom is 0.242 e. The molecule has 0 saturated carbocycles. The highest BCUT2D eigenvalue weighted by atomic mass is 35.5. The minimum atomic E-state index is -0.324. The Labute approximate surface area is 155 Å². The maximum absolute atomic E-state index is 12.8. The van der Waals surface area contributed by atoms with Crippen molar-refractivity contribution in [2.45, 2.75) is 12.1 Å². The topological polar surface area (TPSA) is 35.6 Å². The minimum absolute atomic E-state index is 0.0104. The molecule has 1 amide bonds. The van der Waals surface area contributed by atoms with E-state index in [-0.39, 0.29) is 18.0 Å². The number of benzene rings is 2. The molecule has 2 aromatic carbocycles. The van der Waals surface area contributed by atoms with E-state index in [0.29, 0.717) is 11.6 Å². The molecule has 4 nitrogen and oxygen atoms in total. The van der Waals surface area contributed by atoms with Crippen LogP contribution in [0.5, 0.6) is 0 Å². The van der Waals surface area contributed by atoms with Crippen LogP contribution in [0.4, 0.5) is 0 Å². The summed E-state index contributed by atoms with van der Waals surface area (Å²) in [5.74, 6) is -0.0184. The fraction of sp³-hybridized carbons (Fsp3) is 0.350. The van der Waals surface area contributed by atoms with Crippen molar-refractivity contribution >= 4 is 17.5 Å². The Kier molecular flexibility index (Phi) is 7.00. The molecule has 0 fully saturated rings. The van der Waals surface area contributed by atoms with E-state index in [0.717, 1.165) is 11.1 Å². The van der Waals surface area contributed by atoms with Gasteiger partial charge in [-0.25, -0.2) is 0 Å². The molecule has 134 valence electrons. The van der Waals surface area contributed by atoms with Crippen molar-refractivity contribution < 1.29 is 4.79 Å². The minimum Gasteiger partial charge on any atom is -0.353 e. The monoisotopic (exact) mass is 359 g/mol. The van der Waals surface area contributed by atoms with Crippen molar-refractivity contribution in [1.29, 1.82) is 0 Å². The number of likely N-dealkylation sites (N-methyl/N-ethyl adjacent to an activating group) is 2. The van der Waals surface area contributed by atoms with Crippen LogP contribution in [0.25, 0.3) is 0 Å². The van der Waals surface area contributed by atoms with E-state index >= 15 is 0 Å². The van der Waals surface area contributed by atoms with Crippen molar-refractivity contribution in [3.63, 3.8) is 0 Å². The predicted molar refractivity (Wildman–Crippen MR) is 104 cm³/mol. The molecule has 1 N–H and O–H groups in total. The van der Waals surface area contributed by atoms with E-state index in [1.807, 2.05) is 87.7 Å². The van der Waals surface area contributed by atoms with E-state index in [2.05, 4.69) is 10.2 Å². The van der Waals surface area contributed by atoms with Crippen LogP contribution in [0.3, 0.4) is 0 Å². The molecule has 25 heavy (non-hydrogen) atoms. The van der Waals surface area contributed by atoms with E-state index in [1.165, 1.54) is 0 Å². The van der Waals surface area contributed by atoms with Gasteiger partial charge >= 0.3 is 0 Å². The molecule has 0 saturated heterocycles. The predicted octanol–water partition coefficient (Wildman–Crippen LogP) is 3.36. The first-order chi connectivity index (χ1) is 11.9. The lowest BCUT2D eigenvalue weighted by molar-refractivity contribution is -0.126. The Hall–Kier alpha value is -1.88. The molecule has 0 aliphatic rings. The summed E-state index contributed by atoms with van der Waals surface area (Å²) in [6.45, 7) is 0.493. The summed E-state index contributed by atoms with van der Waals surface area (Å²) < 4.78 is 0. The van der Waals surface area contributed by atoms with Crippen LogP contribution in [0.2, 0.25) is 5.02 Å². The largest absolute Gasteiger partial charge is 0.353 e. The van der Waals surface area contributed by atoms with Gasteiger partial charge in [0.1, 0.15) is 6.04 Å². The third-order valence-corrected chi connectivity index (χ3v) is 4.58. The first kappa shape index (κ1) is 19.4. The van der Waals surface area contributed by atoms with Crippen LogP contribution in [0.1, 0.15) is 23.2 Å². The summed E-state index contributed by atoms with van der Waals surface area (Å²) in [6, 6.07) is 17.2. The first-order valence-electron chi connectivity index (χ1n) is 8.31. The number of amides is 1. The zero-order valence-corrected chi connectivity index (χ0v) is 16.0. The van der Waals surface area contributed by atoms with Crippen molar-refractivity contribution in [1.82, 2.24) is 15.1 Å². The number of rotatable bonds is 7. The summed E-state index contributed by atoms with van der Waals surface area (Å²) in [7, 11) is 7.80. The molecule has 2 aromatic rings. The average molecular weight is 360 g/mol. The van der Waals surface area contributed by atoms with E-state index in [4.69, 9.17) is 11.6 Å². The normalized spacial score (nSPS) is 13.7. The number of nitrogens with zero attached hydrogens (tertiary/aromatic N) is 2. The van der Waals surface area contributed by atoms with Gasteiger partial charge in [0.05, 0.1) is 6.04 Å². The van der Waals surface area contributed by atoms with Gasteiger partial charge in [-0.15, -0.1) is 0 Å². The van der Waals surface area contributed by atoms with E-state index < -0.39 is 0 Å². The summed E-state index contributed by atoms with van der Waals surface area (Å²) in [4.78, 5) is 16.8. The van der Waals surface area contributed by atoms with Crippen LogP contribution in [-0.2, 0) is 4.79 Å². The molecule has 0 bridgehead atoms. The van der Waals surface area contributed by atoms with Gasteiger partial charge in [0.2, 0.25) is 5.91 Å². The van der Waals surface area contributed by atoms with Gasteiger partial charge in [-0.05, 0) is 45.4 Å². The van der Waals surface area contributed by atoms with Crippen LogP contribution in [0, 0.1) is 0 Å². The fourth-order valence-corrected chi connectivity index (χ4v) is 3.19. The van der Waals surface area contributed by atoms with E-state index in [1.54, 1.807) is 0 Å². The molecule has 0 aliphatic carbocycles. The van der Waals surface area contributed by atoms with Crippen LogP contribution < -0.4 is 5.32 Å². The smallest absolute Gasteiger partial charge is 0.242 e. The lowest BCUT2D eigenvalue weighted by atomic mass is 10.0. The molecule has 5 heteroatoms. The van der Waals surface area contributed by atoms with Gasteiger partial charge in [0.15, 0.2) is 0 Å². The zero-order valence-electron chi connectivity index (χ0n) is 15.2. The second kappa shape index (κ2) is 8.99. The summed E-state index contributed by atoms with van der Waals surface area (Å²) in [5, 5.41) is 3.80. The first-order valence-corrected chi connectivity index (χ1v) is 8.69. The van der Waals surface area contributed by atoms with E-state index in [9.17, 15) is 4.79 Å². The standard InChI is InChI=1S/C20H26ClN3O/c1-23(2)18(16-12-8-9-13-17(16)21)14-22-20(25)19(24(3)4)15-10-6-5-7-11-15/h5-13,18-19H,14H2,1-4H3,(H,22,25). The van der Waals surface area contributed by atoms with Crippen LogP contribution in [0.15, 0.2) is 54.6 Å². The van der Waals surface area contributed by atoms with Gasteiger partial charge in [-0.3, -0.25) is 9.69 Å². The molecular weight excluding hydrogens is 334 g/mol. The highest BCUT2D eigenvalue weighted by molar-refractivity contribution is 6.31. The van der Waals surface area contributed by atoms with Crippen molar-refractivity contribution in [2.75, 3.05) is 34.7 Å². The Bertz CT molecular complexity index is 688. The third-order valence-electron chi connectivity index (χ3n) is 4.24. The van der Waals surface area contributed by atoms with Gasteiger partial charge in [0, 0.05) is 11.6 Å². The highest BCUT2D eigenvalue weighted by Gasteiger charge is 2.24. The Morgan fingerprint density at radius 3 is 2.12 bits per heavy atom. The zero-order chi connectivity index (χ0) is 18.4. The molecule has 0 radical (unpaired) electrons. The number of hydrogen-bond donors (Lipinski definition) is 1. The van der Waals surface area contributed by atoms with Crippen molar-refractivity contribution in [3.8, 4) is 0 Å². The third kappa shape index (κ3) is 5.05. The van der Waals surface area contributed by atoms with Gasteiger partial charge in [-0.2, -0.15) is 0 Å². The molecule has 0 heterocycles. The molecular formula is C20H26ClN3O. The van der Waals surface area contributed by atoms with Crippen LogP contribution >= 0.6 is 11.6 Å². The maximum atomic E-state index is 12.8. The van der Waals surface area contributed by atoms with Gasteiger partial charge in [0.25, 0.3) is 0 Å². The van der Waals surface area contributed by atoms with Crippen LogP contribution in [-0.4, -0.2) is 50.4 Å². The van der Waals surface area contributed by atoms with Crippen molar-refractivity contribution in [2.24, 2.45) is 0 Å². The second-order valence-electron chi connectivity index (χ2n) is 6.52. The molecule has 0 aliphatic heterocycles. The summed E-state index contributed by atoms with van der Waals surface area (Å²) in [5.41, 5.74) is 1.99. The Morgan fingerprint density at radius 1 is 0.960 bits per heavy atom. The summed E-state index contributed by atoms with van der Waals surface area (Å²) >= 11 is 6.34. The number of carbonyl (C=O) groups is 1. The Balaban J connectivity index is 2.14. The number of carbonyl (C=O) groups excluding carboxylic acids is 1. The molecule has 2 unspecified atom stereocenters. The average Bonchev–Trinajstić information content (AvgIpc) is 2.57. The molecule has 2 atom stereocenters. The van der Waals surface area contributed by atoms with Gasteiger partial charge < -0.3 is 10.2 Å². The number of nitrogens with one attached hydrogen (secondary N) is 1. The fourth-order valence-electron chi connectivity index (χ4n) is 2.93. The Morgan fingerprint density at radius 2 is 1.56 bits per heavy atom. The second-order valence-corrected chi connectivity index (χ2v) is 6.93. The number of halogens is 1. The lowest BCUT2D eigenvalue weighted by Crippen LogP contribution is -2.41. The highest BCUT2D eigenvalue weighted by Crippen LogP contribution is 2.26. The van der Waals surface area contributed by atoms with Crippen molar-refractivity contribution in [3.05, 3.63) is 70.7 Å². The summed E-state index contributed by atoms with van der Waals surface area (Å²) in [6.07, 6.45) is 0. The van der Waals surface area contributed by atoms with Gasteiger partial charge in [-0.1, -0.05) is 60.1 Å². The quantitative estimate of drug-likeness (QED) is 0.823. The molecule has 0 spiro atoms.